The van der Waals surface area contributed by atoms with Gasteiger partial charge in [0.15, 0.2) is 5.43 Å². The Morgan fingerprint density at radius 2 is 1.90 bits per heavy atom. The Bertz CT molecular complexity index is 1510. The van der Waals surface area contributed by atoms with Gasteiger partial charge in [-0.3, -0.25) is 24.8 Å². The average Bonchev–Trinajstić information content (AvgIpc) is 3.51. The number of ether oxygens (including phenoxy) is 1. The van der Waals surface area contributed by atoms with Gasteiger partial charge in [-0.05, 0) is 30.2 Å². The van der Waals surface area contributed by atoms with Crippen molar-refractivity contribution in [3.63, 3.8) is 0 Å². The fraction of sp³-hybridized carbons (Fsp3) is 0.323. The van der Waals surface area contributed by atoms with Crippen LogP contribution in [-0.2, 0) is 4.79 Å². The summed E-state index contributed by atoms with van der Waals surface area (Å²) in [5.74, 6) is 2.05. The Morgan fingerprint density at radius 3 is 2.70 bits per heavy atom. The molecule has 4 aromatic rings. The molecular formula is C31H32N4O4S. The fourth-order valence-corrected chi connectivity index (χ4v) is 6.48. The van der Waals surface area contributed by atoms with Crippen molar-refractivity contribution in [3.8, 4) is 17.1 Å². The van der Waals surface area contributed by atoms with Gasteiger partial charge in [0.2, 0.25) is 5.91 Å². The van der Waals surface area contributed by atoms with Gasteiger partial charge < -0.3 is 14.1 Å². The molecule has 2 aliphatic heterocycles. The van der Waals surface area contributed by atoms with Crippen LogP contribution in [0, 0.1) is 0 Å². The van der Waals surface area contributed by atoms with Gasteiger partial charge >= 0.3 is 0 Å². The maximum Gasteiger partial charge on any atom is 0.240 e. The predicted molar refractivity (Wildman–Crippen MR) is 157 cm³/mol. The summed E-state index contributed by atoms with van der Waals surface area (Å²) >= 11 is 1.76. The molecular weight excluding hydrogens is 524 g/mol. The molecule has 0 spiro atoms. The number of piperazine rings is 1. The van der Waals surface area contributed by atoms with Gasteiger partial charge in [-0.1, -0.05) is 42.5 Å². The normalized spacial score (nSPS) is 19.6. The molecule has 2 saturated heterocycles. The molecule has 0 bridgehead atoms. The summed E-state index contributed by atoms with van der Waals surface area (Å²) in [5, 5.41) is 4.06. The minimum atomic E-state index is -0.155. The van der Waals surface area contributed by atoms with Crippen LogP contribution in [0.15, 0.2) is 88.3 Å². The molecule has 0 radical (unpaired) electrons. The minimum Gasteiger partial charge on any atom is -0.493 e. The number of hydrogen-bond acceptors (Lipinski definition) is 8. The molecule has 8 nitrogen and oxygen atoms in total. The first kappa shape index (κ1) is 26.6. The van der Waals surface area contributed by atoms with E-state index in [0.717, 1.165) is 56.0 Å². The lowest BCUT2D eigenvalue weighted by Crippen LogP contribution is -2.53. The number of fused-ring (bicyclic) bond motifs is 1. The lowest BCUT2D eigenvalue weighted by Gasteiger charge is -2.36. The van der Waals surface area contributed by atoms with Gasteiger partial charge in [0, 0.05) is 62.5 Å². The molecule has 2 aromatic carbocycles. The van der Waals surface area contributed by atoms with E-state index in [1.54, 1.807) is 24.0 Å². The molecule has 0 aliphatic carbocycles. The Labute approximate surface area is 237 Å². The Hall–Kier alpha value is -3.66. The lowest BCUT2D eigenvalue weighted by atomic mass is 10.1. The molecule has 40 heavy (non-hydrogen) atoms. The fourth-order valence-electron chi connectivity index (χ4n) is 5.26. The van der Waals surface area contributed by atoms with Crippen LogP contribution in [0.25, 0.3) is 22.3 Å². The predicted octanol–water partition coefficient (Wildman–Crippen LogP) is 4.17. The number of amides is 1. The van der Waals surface area contributed by atoms with E-state index in [9.17, 15) is 9.59 Å². The van der Waals surface area contributed by atoms with Gasteiger partial charge in [-0.25, -0.2) is 0 Å². The molecule has 2 fully saturated rings. The Kier molecular flexibility index (Phi) is 8.13. The van der Waals surface area contributed by atoms with Crippen molar-refractivity contribution >= 4 is 28.6 Å². The topological polar surface area (TPSA) is 87.9 Å². The number of rotatable bonds is 8. The quantitative estimate of drug-likeness (QED) is 0.324. The third-order valence-corrected chi connectivity index (χ3v) is 8.67. The second-order valence-corrected chi connectivity index (χ2v) is 11.2. The average molecular weight is 557 g/mol. The molecule has 1 N–H and O–H groups in total. The van der Waals surface area contributed by atoms with Crippen LogP contribution in [0.2, 0.25) is 0 Å². The summed E-state index contributed by atoms with van der Waals surface area (Å²) < 4.78 is 12.1. The van der Waals surface area contributed by atoms with Crippen molar-refractivity contribution in [1.29, 1.82) is 0 Å². The SMILES string of the molecule is O=C([C@@H]1CSC(c2cccnc2)N1)N1CCN(CCCOc2cccc3oc(-c4ccccc4)cc(=O)c23)CC1. The summed E-state index contributed by atoms with van der Waals surface area (Å²) in [7, 11) is 0. The summed E-state index contributed by atoms with van der Waals surface area (Å²) in [4.78, 5) is 34.6. The third-order valence-electron chi connectivity index (χ3n) is 7.40. The molecule has 2 aromatic heterocycles. The second kappa shape index (κ2) is 12.2. The number of nitrogens with zero attached hydrogens (tertiary/aromatic N) is 3. The first-order valence-corrected chi connectivity index (χ1v) is 14.7. The lowest BCUT2D eigenvalue weighted by molar-refractivity contribution is -0.134. The van der Waals surface area contributed by atoms with Crippen LogP contribution < -0.4 is 15.5 Å². The molecule has 9 heteroatoms. The maximum absolute atomic E-state index is 13.1. The third kappa shape index (κ3) is 5.91. The Balaban J connectivity index is 0.971. The van der Waals surface area contributed by atoms with Crippen molar-refractivity contribution in [2.75, 3.05) is 45.1 Å². The van der Waals surface area contributed by atoms with Crippen LogP contribution in [-0.4, -0.2) is 71.8 Å². The van der Waals surface area contributed by atoms with Crippen LogP contribution in [0.5, 0.6) is 5.75 Å². The van der Waals surface area contributed by atoms with Crippen molar-refractivity contribution < 1.29 is 13.9 Å². The zero-order valence-corrected chi connectivity index (χ0v) is 23.0. The van der Waals surface area contributed by atoms with E-state index in [2.05, 4.69) is 15.2 Å². The van der Waals surface area contributed by atoms with Crippen molar-refractivity contribution in [2.45, 2.75) is 17.8 Å². The van der Waals surface area contributed by atoms with E-state index in [4.69, 9.17) is 9.15 Å². The van der Waals surface area contributed by atoms with Crippen molar-refractivity contribution in [2.24, 2.45) is 0 Å². The number of pyridine rings is 1. The van der Waals surface area contributed by atoms with Gasteiger partial charge in [0.25, 0.3) is 0 Å². The highest BCUT2D eigenvalue weighted by molar-refractivity contribution is 7.99. The Morgan fingerprint density at radius 1 is 1.05 bits per heavy atom. The van der Waals surface area contributed by atoms with Crippen molar-refractivity contribution in [1.82, 2.24) is 20.1 Å². The van der Waals surface area contributed by atoms with Crippen LogP contribution in [0.3, 0.4) is 0 Å². The maximum atomic E-state index is 13.1. The van der Waals surface area contributed by atoms with Gasteiger partial charge in [-0.2, -0.15) is 0 Å². The highest BCUT2D eigenvalue weighted by Crippen LogP contribution is 2.33. The minimum absolute atomic E-state index is 0.113. The molecule has 6 rings (SSSR count). The number of carbonyl (C=O) groups is 1. The molecule has 1 unspecified atom stereocenters. The smallest absolute Gasteiger partial charge is 0.240 e. The van der Waals surface area contributed by atoms with Crippen LogP contribution in [0.1, 0.15) is 17.4 Å². The molecule has 0 saturated carbocycles. The number of aromatic nitrogens is 1. The van der Waals surface area contributed by atoms with E-state index >= 15 is 0 Å². The molecule has 2 atom stereocenters. The van der Waals surface area contributed by atoms with E-state index in [0.29, 0.717) is 29.1 Å². The monoisotopic (exact) mass is 556 g/mol. The highest BCUT2D eigenvalue weighted by Gasteiger charge is 2.34. The van der Waals surface area contributed by atoms with E-state index in [1.165, 1.54) is 6.07 Å². The first-order chi connectivity index (χ1) is 19.7. The van der Waals surface area contributed by atoms with E-state index in [1.807, 2.05) is 65.7 Å². The standard InChI is InChI=1S/C31H32N4O4S/c36-25-19-28(22-7-2-1-3-8-22)39-27-11-4-10-26(29(25)27)38-18-6-13-34-14-16-35(17-15-34)31(37)24-21-40-30(33-24)23-9-5-12-32-20-23/h1-5,7-12,19-20,24,30,33H,6,13-18,21H2/t24-,30?/m0/s1. The zero-order valence-electron chi connectivity index (χ0n) is 22.2. The molecule has 206 valence electrons. The number of nitrogens with one attached hydrogen (secondary N) is 1. The van der Waals surface area contributed by atoms with Gasteiger partial charge in [0.1, 0.15) is 22.5 Å². The zero-order chi connectivity index (χ0) is 27.3. The summed E-state index contributed by atoms with van der Waals surface area (Å²) in [6, 6.07) is 20.4. The van der Waals surface area contributed by atoms with E-state index < -0.39 is 0 Å². The van der Waals surface area contributed by atoms with E-state index in [-0.39, 0.29) is 22.8 Å². The summed E-state index contributed by atoms with van der Waals surface area (Å²) in [6.45, 7) is 4.52. The second-order valence-electron chi connectivity index (χ2n) is 10.1. The number of hydrogen-bond donors (Lipinski definition) is 1. The first-order valence-electron chi connectivity index (χ1n) is 13.7. The van der Waals surface area contributed by atoms with Crippen LogP contribution in [0.4, 0.5) is 0 Å². The molecule has 4 heterocycles. The van der Waals surface area contributed by atoms with Gasteiger partial charge in [-0.15, -0.1) is 11.8 Å². The van der Waals surface area contributed by atoms with Gasteiger partial charge in [0.05, 0.1) is 18.0 Å². The number of thioether (sulfide) groups is 1. The largest absolute Gasteiger partial charge is 0.493 e. The molecule has 1 amide bonds. The number of carbonyl (C=O) groups excluding carboxylic acids is 1. The van der Waals surface area contributed by atoms with Crippen LogP contribution >= 0.6 is 11.8 Å². The van der Waals surface area contributed by atoms with Crippen molar-refractivity contribution in [3.05, 3.63) is 94.9 Å². The molecule has 2 aliphatic rings. The summed E-state index contributed by atoms with van der Waals surface area (Å²) in [6.07, 6.45) is 4.45. The highest BCUT2D eigenvalue weighted by atomic mass is 32.2. The number of benzene rings is 2. The summed E-state index contributed by atoms with van der Waals surface area (Å²) in [5.41, 5.74) is 2.38.